The van der Waals surface area contributed by atoms with Crippen molar-refractivity contribution in [3.8, 4) is 0 Å². The normalized spacial score (nSPS) is 11.4. The highest BCUT2D eigenvalue weighted by molar-refractivity contribution is 7.11. The van der Waals surface area contributed by atoms with Crippen LogP contribution in [-0.4, -0.2) is 24.7 Å². The number of amides is 1. The third kappa shape index (κ3) is 5.54. The maximum atomic E-state index is 13.1. The predicted octanol–water partition coefficient (Wildman–Crippen LogP) is 4.99. The van der Waals surface area contributed by atoms with E-state index < -0.39 is 30.2 Å². The summed E-state index contributed by atoms with van der Waals surface area (Å²) >= 11 is 1.15. The zero-order chi connectivity index (χ0) is 21.6. The lowest BCUT2D eigenvalue weighted by molar-refractivity contribution is -0.137. The molecule has 0 radical (unpaired) electrons. The highest BCUT2D eigenvalue weighted by Crippen LogP contribution is 2.31. The van der Waals surface area contributed by atoms with Gasteiger partial charge in [-0.25, -0.2) is 4.79 Å². The molecule has 0 bridgehead atoms. The number of thiophene rings is 1. The van der Waals surface area contributed by atoms with E-state index in [4.69, 9.17) is 4.74 Å². The van der Waals surface area contributed by atoms with Crippen molar-refractivity contribution in [3.05, 3.63) is 88.1 Å². The van der Waals surface area contributed by atoms with Crippen LogP contribution in [0.25, 0.3) is 0 Å². The van der Waals surface area contributed by atoms with Gasteiger partial charge >= 0.3 is 12.1 Å². The maximum absolute atomic E-state index is 13.1. The number of carbonyl (C=O) groups is 2. The molecule has 0 spiro atoms. The van der Waals surface area contributed by atoms with E-state index >= 15 is 0 Å². The number of esters is 1. The fourth-order valence-electron chi connectivity index (χ4n) is 2.41. The molecule has 1 amide bonds. The number of ether oxygens (including phenoxy) is 1. The molecule has 0 aliphatic rings. The number of rotatable bonds is 6. The molecule has 0 atom stereocenters. The van der Waals surface area contributed by atoms with E-state index in [0.717, 1.165) is 28.5 Å². The Morgan fingerprint density at radius 1 is 1.03 bits per heavy atom. The smallest absolute Gasteiger partial charge is 0.416 e. The van der Waals surface area contributed by atoms with Gasteiger partial charge in [-0.2, -0.15) is 23.3 Å². The summed E-state index contributed by atoms with van der Waals surface area (Å²) in [7, 11) is 0. The van der Waals surface area contributed by atoms with Crippen molar-refractivity contribution in [2.24, 2.45) is 5.10 Å². The summed E-state index contributed by atoms with van der Waals surface area (Å²) in [6.07, 6.45) is -3.25. The van der Waals surface area contributed by atoms with Crippen molar-refractivity contribution in [3.63, 3.8) is 0 Å². The minimum atomic E-state index is -4.58. The summed E-state index contributed by atoms with van der Waals surface area (Å²) in [4.78, 5) is 24.9. The van der Waals surface area contributed by atoms with E-state index in [1.165, 1.54) is 24.4 Å². The first-order chi connectivity index (χ1) is 14.3. The molecule has 30 heavy (non-hydrogen) atoms. The van der Waals surface area contributed by atoms with Gasteiger partial charge in [-0.05, 0) is 35.2 Å². The topological polar surface area (TPSA) is 59.0 Å². The van der Waals surface area contributed by atoms with Crippen LogP contribution in [0.3, 0.4) is 0 Å². The fourth-order valence-corrected chi connectivity index (χ4v) is 3.02. The number of anilines is 1. The minimum absolute atomic E-state index is 0.103. The van der Waals surface area contributed by atoms with Gasteiger partial charge < -0.3 is 4.74 Å². The second kappa shape index (κ2) is 9.36. The van der Waals surface area contributed by atoms with Crippen molar-refractivity contribution in [2.75, 3.05) is 11.6 Å². The first-order valence-electron chi connectivity index (χ1n) is 8.64. The number of hydrogen-bond donors (Lipinski definition) is 0. The van der Waals surface area contributed by atoms with Crippen molar-refractivity contribution >= 4 is 35.1 Å². The Bertz CT molecular complexity index is 1040. The average Bonchev–Trinajstić information content (AvgIpc) is 3.27. The molecule has 0 aliphatic heterocycles. The van der Waals surface area contributed by atoms with Crippen molar-refractivity contribution in [2.45, 2.75) is 6.18 Å². The summed E-state index contributed by atoms with van der Waals surface area (Å²) in [5.74, 6) is -1.50. The predicted molar refractivity (Wildman–Crippen MR) is 108 cm³/mol. The van der Waals surface area contributed by atoms with Crippen LogP contribution < -0.4 is 5.01 Å². The fraction of sp³-hybridized carbons (Fsp3) is 0.0952. The monoisotopic (exact) mass is 432 g/mol. The van der Waals surface area contributed by atoms with E-state index in [9.17, 15) is 22.8 Å². The molecule has 0 unspecified atom stereocenters. The van der Waals surface area contributed by atoms with E-state index in [0.29, 0.717) is 10.4 Å². The lowest BCUT2D eigenvalue weighted by Crippen LogP contribution is -2.30. The quantitative estimate of drug-likeness (QED) is 0.313. The Hall–Kier alpha value is -3.46. The molecule has 0 saturated heterocycles. The highest BCUT2D eigenvalue weighted by Gasteiger charge is 2.31. The summed E-state index contributed by atoms with van der Waals surface area (Å²) in [5.41, 5.74) is -0.393. The maximum Gasteiger partial charge on any atom is 0.416 e. The SMILES string of the molecule is O=C(OCC(=O)N(N=Cc1ccccc1)c1cccc(C(F)(F)F)c1)c1cccs1. The third-order valence-corrected chi connectivity index (χ3v) is 4.68. The largest absolute Gasteiger partial charge is 0.451 e. The second-order valence-electron chi connectivity index (χ2n) is 5.96. The molecule has 0 saturated carbocycles. The first-order valence-corrected chi connectivity index (χ1v) is 9.52. The Kier molecular flexibility index (Phi) is 6.63. The Balaban J connectivity index is 1.84. The van der Waals surface area contributed by atoms with Gasteiger partial charge in [0.25, 0.3) is 5.91 Å². The number of hydrogen-bond acceptors (Lipinski definition) is 5. The zero-order valence-corrected chi connectivity index (χ0v) is 16.2. The average molecular weight is 432 g/mol. The summed E-state index contributed by atoms with van der Waals surface area (Å²) in [6.45, 7) is -0.681. The van der Waals surface area contributed by atoms with Gasteiger partial charge in [0, 0.05) is 0 Å². The van der Waals surface area contributed by atoms with Crippen LogP contribution in [-0.2, 0) is 15.7 Å². The molecule has 5 nitrogen and oxygen atoms in total. The van der Waals surface area contributed by atoms with Crippen molar-refractivity contribution in [1.82, 2.24) is 0 Å². The number of halogens is 3. The van der Waals surface area contributed by atoms with E-state index in [2.05, 4.69) is 5.10 Å². The van der Waals surface area contributed by atoms with Crippen LogP contribution in [0.4, 0.5) is 18.9 Å². The van der Waals surface area contributed by atoms with E-state index in [1.807, 2.05) is 0 Å². The molecule has 1 aromatic heterocycles. The van der Waals surface area contributed by atoms with Gasteiger partial charge in [0.2, 0.25) is 0 Å². The van der Waals surface area contributed by atoms with Gasteiger partial charge in [-0.3, -0.25) is 4.79 Å². The van der Waals surface area contributed by atoms with Crippen molar-refractivity contribution < 1.29 is 27.5 Å². The van der Waals surface area contributed by atoms with Gasteiger partial charge in [-0.1, -0.05) is 42.5 Å². The van der Waals surface area contributed by atoms with Crippen LogP contribution in [0.1, 0.15) is 20.8 Å². The minimum Gasteiger partial charge on any atom is -0.451 e. The van der Waals surface area contributed by atoms with Crippen LogP contribution in [0.5, 0.6) is 0 Å². The van der Waals surface area contributed by atoms with E-state index in [-0.39, 0.29) is 5.69 Å². The number of nitrogens with zero attached hydrogens (tertiary/aromatic N) is 2. The number of alkyl halides is 3. The molecule has 0 fully saturated rings. The van der Waals surface area contributed by atoms with E-state index in [1.54, 1.807) is 41.8 Å². The molecule has 9 heteroatoms. The number of carbonyl (C=O) groups excluding carboxylic acids is 2. The molecule has 3 rings (SSSR count). The van der Waals surface area contributed by atoms with Gasteiger partial charge in [-0.15, -0.1) is 11.3 Å². The number of benzene rings is 2. The van der Waals surface area contributed by atoms with Gasteiger partial charge in [0.15, 0.2) is 6.61 Å². The first kappa shape index (κ1) is 21.3. The Morgan fingerprint density at radius 2 is 1.80 bits per heavy atom. The van der Waals surface area contributed by atoms with Crippen LogP contribution in [0, 0.1) is 0 Å². The molecule has 0 aliphatic carbocycles. The Labute approximate surface area is 174 Å². The third-order valence-electron chi connectivity index (χ3n) is 3.83. The van der Waals surface area contributed by atoms with Gasteiger partial charge in [0.1, 0.15) is 4.88 Å². The van der Waals surface area contributed by atoms with Crippen molar-refractivity contribution in [1.29, 1.82) is 0 Å². The Morgan fingerprint density at radius 3 is 2.47 bits per heavy atom. The molecular formula is C21H15F3N2O3S. The summed E-state index contributed by atoms with van der Waals surface area (Å²) in [6, 6.07) is 16.1. The van der Waals surface area contributed by atoms with Gasteiger partial charge in [0.05, 0.1) is 17.5 Å². The lowest BCUT2D eigenvalue weighted by atomic mass is 10.2. The standard InChI is InChI=1S/C21H15F3N2O3S/c22-21(23,24)16-8-4-9-17(12-16)26(25-13-15-6-2-1-3-7-15)19(27)14-29-20(28)18-10-5-11-30-18/h1-13H,14H2. The van der Waals surface area contributed by atoms with Crippen LogP contribution in [0.15, 0.2) is 77.2 Å². The molecule has 1 heterocycles. The second-order valence-corrected chi connectivity index (χ2v) is 6.91. The molecule has 2 aromatic carbocycles. The van der Waals surface area contributed by atoms with Crippen LogP contribution in [0.2, 0.25) is 0 Å². The molecule has 0 N–H and O–H groups in total. The summed E-state index contributed by atoms with van der Waals surface area (Å²) in [5, 5.41) is 6.49. The zero-order valence-electron chi connectivity index (χ0n) is 15.4. The van der Waals surface area contributed by atoms with Crippen LogP contribution >= 0.6 is 11.3 Å². The lowest BCUT2D eigenvalue weighted by Gasteiger charge is -2.18. The highest BCUT2D eigenvalue weighted by atomic mass is 32.1. The molecule has 154 valence electrons. The molecule has 3 aromatic rings. The summed E-state index contributed by atoms with van der Waals surface area (Å²) < 4.78 is 44.2. The number of hydrazone groups is 1. The molecular weight excluding hydrogens is 417 g/mol.